The molecule has 0 radical (unpaired) electrons. The van der Waals surface area contributed by atoms with E-state index in [-0.39, 0.29) is 38.5 Å². The van der Waals surface area contributed by atoms with E-state index in [9.17, 15) is 28.8 Å². The van der Waals surface area contributed by atoms with E-state index in [4.69, 9.17) is 28.4 Å². The van der Waals surface area contributed by atoms with Crippen molar-refractivity contribution in [1.29, 1.82) is 0 Å². The molecule has 0 aliphatic heterocycles. The van der Waals surface area contributed by atoms with Crippen molar-refractivity contribution >= 4 is 35.8 Å². The lowest BCUT2D eigenvalue weighted by atomic mass is 9.61. The average Bonchev–Trinajstić information content (AvgIpc) is 3.36. The van der Waals surface area contributed by atoms with Crippen LogP contribution in [0.15, 0.2) is 0 Å². The predicted octanol–water partition coefficient (Wildman–Crippen LogP) is 17.7. The van der Waals surface area contributed by atoms with Crippen molar-refractivity contribution in [3.8, 4) is 0 Å². The van der Waals surface area contributed by atoms with Gasteiger partial charge in [0, 0.05) is 50.4 Å². The average molecular weight is 1060 g/mol. The van der Waals surface area contributed by atoms with Crippen LogP contribution in [0.2, 0.25) is 0 Å². The highest BCUT2D eigenvalue weighted by Crippen LogP contribution is 2.59. The van der Waals surface area contributed by atoms with E-state index in [1.807, 2.05) is 0 Å². The van der Waals surface area contributed by atoms with Crippen molar-refractivity contribution in [3.05, 3.63) is 0 Å². The number of hydrogen-bond donors (Lipinski definition) is 0. The molecule has 1 rings (SSSR count). The van der Waals surface area contributed by atoms with Gasteiger partial charge in [0.15, 0.2) is 6.10 Å². The summed E-state index contributed by atoms with van der Waals surface area (Å²) < 4.78 is 40.0. The van der Waals surface area contributed by atoms with Crippen molar-refractivity contribution in [2.75, 3.05) is 0 Å². The van der Waals surface area contributed by atoms with E-state index in [2.05, 4.69) is 41.5 Å². The van der Waals surface area contributed by atoms with Crippen molar-refractivity contribution in [2.45, 2.75) is 362 Å². The third-order valence-electron chi connectivity index (χ3n) is 15.1. The molecule has 1 saturated carbocycles. The van der Waals surface area contributed by atoms with E-state index in [0.717, 1.165) is 193 Å². The SMILES string of the molecule is CCCCCCCCC(=O)OC1C(C)(C)CC(OC(=O)CCCCCCCC)(OC(=O)CCCCCCCC)C(OC(=O)CCCCCCCC)(OC(=O)CCCCCCCC)C1(C)OC(=O)CCCCCCCC. The van der Waals surface area contributed by atoms with Gasteiger partial charge in [0.25, 0.3) is 0 Å². The molecule has 0 amide bonds. The molecule has 1 fully saturated rings. The van der Waals surface area contributed by atoms with Crippen LogP contribution in [0, 0.1) is 5.41 Å². The summed E-state index contributed by atoms with van der Waals surface area (Å²) in [6.07, 6.45) is 29.7. The van der Waals surface area contributed by atoms with Crippen LogP contribution in [0.4, 0.5) is 0 Å². The first-order valence-electron chi connectivity index (χ1n) is 31.4. The van der Waals surface area contributed by atoms with Crippen LogP contribution >= 0.6 is 0 Å². The second kappa shape index (κ2) is 41.9. The van der Waals surface area contributed by atoms with Crippen molar-refractivity contribution in [2.24, 2.45) is 5.41 Å². The quantitative estimate of drug-likeness (QED) is 0.0246. The van der Waals surface area contributed by atoms with Crippen LogP contribution in [0.5, 0.6) is 0 Å². The van der Waals surface area contributed by atoms with Gasteiger partial charge >= 0.3 is 47.4 Å². The molecule has 438 valence electrons. The van der Waals surface area contributed by atoms with Crippen LogP contribution in [-0.4, -0.2) is 59.1 Å². The minimum atomic E-state index is -2.95. The zero-order chi connectivity index (χ0) is 55.7. The number of carbonyl (C=O) groups is 6. The van der Waals surface area contributed by atoms with Gasteiger partial charge in [-0.15, -0.1) is 0 Å². The first kappa shape index (κ1) is 69.8. The van der Waals surface area contributed by atoms with E-state index >= 15 is 0 Å². The van der Waals surface area contributed by atoms with Crippen LogP contribution in [-0.2, 0) is 57.2 Å². The largest absolute Gasteiger partial charge is 0.457 e. The summed E-state index contributed by atoms with van der Waals surface area (Å²) in [7, 11) is 0. The fourth-order valence-corrected chi connectivity index (χ4v) is 10.8. The van der Waals surface area contributed by atoms with Gasteiger partial charge in [-0.05, 0) is 45.4 Å². The number of hydrogen-bond acceptors (Lipinski definition) is 12. The molecular formula is C63H114O12. The van der Waals surface area contributed by atoms with E-state index in [0.29, 0.717) is 38.5 Å². The van der Waals surface area contributed by atoms with Crippen molar-refractivity contribution in [3.63, 3.8) is 0 Å². The summed E-state index contributed by atoms with van der Waals surface area (Å²) in [5.74, 6) is -10.1. The smallest absolute Gasteiger partial charge is 0.378 e. The topological polar surface area (TPSA) is 158 Å². The fourth-order valence-electron chi connectivity index (χ4n) is 10.8. The van der Waals surface area contributed by atoms with Crippen molar-refractivity contribution < 1.29 is 57.2 Å². The first-order valence-corrected chi connectivity index (χ1v) is 31.4. The summed E-state index contributed by atoms with van der Waals surface area (Å²) >= 11 is 0. The molecular weight excluding hydrogens is 949 g/mol. The van der Waals surface area contributed by atoms with Gasteiger partial charge in [-0.25, -0.2) is 0 Å². The van der Waals surface area contributed by atoms with Crippen LogP contribution in [0.3, 0.4) is 0 Å². The zero-order valence-electron chi connectivity index (χ0n) is 49.9. The Labute approximate surface area is 458 Å². The van der Waals surface area contributed by atoms with Gasteiger partial charge in [0.2, 0.25) is 5.60 Å². The minimum absolute atomic E-state index is 0.0449. The third kappa shape index (κ3) is 27.8. The summed E-state index contributed by atoms with van der Waals surface area (Å²) in [5.41, 5.74) is -3.74. The number of ether oxygens (including phenoxy) is 6. The lowest BCUT2D eigenvalue weighted by Gasteiger charge is -2.61. The molecule has 0 aromatic carbocycles. The fraction of sp³-hybridized carbons (Fsp3) is 0.905. The number of unbranched alkanes of at least 4 members (excludes halogenated alkanes) is 30. The Morgan fingerprint density at radius 3 is 0.813 bits per heavy atom. The van der Waals surface area contributed by atoms with E-state index < -0.39 is 70.9 Å². The summed E-state index contributed by atoms with van der Waals surface area (Å²) in [6, 6.07) is 0. The van der Waals surface area contributed by atoms with E-state index in [1.54, 1.807) is 13.8 Å². The monoisotopic (exact) mass is 1060 g/mol. The molecule has 0 saturated heterocycles. The predicted molar refractivity (Wildman–Crippen MR) is 301 cm³/mol. The second-order valence-corrected chi connectivity index (χ2v) is 23.0. The first-order chi connectivity index (χ1) is 36.1. The molecule has 12 nitrogen and oxygen atoms in total. The molecule has 75 heavy (non-hydrogen) atoms. The normalized spacial score (nSPS) is 17.5. The maximum atomic E-state index is 14.9. The molecule has 2 atom stereocenters. The number of esters is 6. The second-order valence-electron chi connectivity index (χ2n) is 23.0. The van der Waals surface area contributed by atoms with Gasteiger partial charge in [-0.2, -0.15) is 0 Å². The molecule has 0 bridgehead atoms. The molecule has 1 aliphatic rings. The van der Waals surface area contributed by atoms with Gasteiger partial charge in [-0.1, -0.05) is 248 Å². The van der Waals surface area contributed by atoms with Crippen molar-refractivity contribution in [1.82, 2.24) is 0 Å². The van der Waals surface area contributed by atoms with Gasteiger partial charge < -0.3 is 28.4 Å². The Morgan fingerprint density at radius 1 is 0.307 bits per heavy atom. The lowest BCUT2D eigenvalue weighted by molar-refractivity contribution is -0.445. The summed E-state index contributed by atoms with van der Waals surface area (Å²) in [4.78, 5) is 88.1. The third-order valence-corrected chi connectivity index (χ3v) is 15.1. The van der Waals surface area contributed by atoms with Gasteiger partial charge in [-0.3, -0.25) is 28.8 Å². The molecule has 0 N–H and O–H groups in total. The molecule has 1 aliphatic carbocycles. The highest BCUT2D eigenvalue weighted by molar-refractivity contribution is 5.77. The maximum Gasteiger partial charge on any atom is 0.378 e. The summed E-state index contributed by atoms with van der Waals surface area (Å²) in [5, 5.41) is 0. The Morgan fingerprint density at radius 2 is 0.533 bits per heavy atom. The number of carbonyl (C=O) groups excluding carboxylic acids is 6. The summed E-state index contributed by atoms with van der Waals surface area (Å²) in [6.45, 7) is 17.9. The van der Waals surface area contributed by atoms with Gasteiger partial charge in [0.1, 0.15) is 0 Å². The van der Waals surface area contributed by atoms with Crippen LogP contribution in [0.1, 0.15) is 338 Å². The molecule has 0 heterocycles. The Hall–Kier alpha value is -3.18. The Balaban J connectivity index is 4.36. The Kier molecular flexibility index (Phi) is 39.0. The molecule has 12 heteroatoms. The minimum Gasteiger partial charge on any atom is -0.457 e. The van der Waals surface area contributed by atoms with Crippen LogP contribution in [0.25, 0.3) is 0 Å². The lowest BCUT2D eigenvalue weighted by Crippen LogP contribution is -2.82. The molecule has 2 unspecified atom stereocenters. The molecule has 0 spiro atoms. The molecule has 0 aromatic rings. The van der Waals surface area contributed by atoms with Gasteiger partial charge in [0.05, 0.1) is 0 Å². The van der Waals surface area contributed by atoms with Crippen LogP contribution < -0.4 is 0 Å². The van der Waals surface area contributed by atoms with E-state index in [1.165, 1.54) is 6.92 Å². The number of rotatable bonds is 48. The highest BCUT2D eigenvalue weighted by Gasteiger charge is 2.84. The zero-order valence-corrected chi connectivity index (χ0v) is 49.9. The maximum absolute atomic E-state index is 14.9. The molecule has 0 aromatic heterocycles. The Bertz CT molecular complexity index is 1480. The standard InChI is InChI=1S/C63H114O12/c1-10-16-22-28-34-40-46-53(64)70-59-60(7,8)52-62(72-55(66)48-42-36-30-24-18-12-3,73-56(67)49-43-37-31-25-19-13-4)63(74-57(68)50-44-38-32-26-20-14-5,75-58(69)51-45-39-33-27-21-15-6)61(59,9)71-54(65)47-41-35-29-23-17-11-2/h59H,10-52H2,1-9H3. The highest BCUT2D eigenvalue weighted by atomic mass is 16.8.